The summed E-state index contributed by atoms with van der Waals surface area (Å²) in [5.74, 6) is 1.38. The van der Waals surface area contributed by atoms with Crippen LogP contribution in [-0.2, 0) is 0 Å². The predicted molar refractivity (Wildman–Crippen MR) is 66.2 cm³/mol. The Balaban J connectivity index is 1.94. The fourth-order valence-corrected chi connectivity index (χ4v) is 3.49. The lowest BCUT2D eigenvalue weighted by atomic mass is 9.69. The number of rotatable bonds is 2. The van der Waals surface area contributed by atoms with Crippen LogP contribution in [0.5, 0.6) is 0 Å². The molecule has 0 aromatic rings. The lowest BCUT2D eigenvalue weighted by Crippen LogP contribution is -2.46. The molecule has 1 saturated heterocycles. The molecular formula is C14H26FN. The van der Waals surface area contributed by atoms with Gasteiger partial charge in [0.1, 0.15) is 5.67 Å². The standard InChI is InChI=1S/C14H26FN/c1-11-5-7-12(8-6-11)14(2,15)13-4-3-9-16-10-13/h11-13,16H,3-10H2,1-2H3. The van der Waals surface area contributed by atoms with Crippen molar-refractivity contribution in [3.63, 3.8) is 0 Å². The Morgan fingerprint density at radius 1 is 1.06 bits per heavy atom. The van der Waals surface area contributed by atoms with Gasteiger partial charge in [0.2, 0.25) is 0 Å². The molecule has 2 rings (SSSR count). The number of nitrogens with one attached hydrogen (secondary N) is 1. The first-order chi connectivity index (χ1) is 7.60. The molecular weight excluding hydrogens is 201 g/mol. The van der Waals surface area contributed by atoms with Crippen molar-refractivity contribution in [2.45, 2.75) is 58.0 Å². The van der Waals surface area contributed by atoms with Gasteiger partial charge in [0, 0.05) is 12.5 Å². The lowest BCUT2D eigenvalue weighted by Gasteiger charge is -2.42. The molecule has 2 atom stereocenters. The number of piperidine rings is 1. The van der Waals surface area contributed by atoms with E-state index < -0.39 is 5.67 Å². The normalized spacial score (nSPS) is 40.3. The highest BCUT2D eigenvalue weighted by Crippen LogP contribution is 2.43. The third-order valence-electron chi connectivity index (χ3n) is 4.91. The van der Waals surface area contributed by atoms with Crippen LogP contribution < -0.4 is 5.32 Å². The van der Waals surface area contributed by atoms with Gasteiger partial charge < -0.3 is 5.32 Å². The average molecular weight is 227 g/mol. The molecule has 1 saturated carbocycles. The second-order valence-corrected chi connectivity index (χ2v) is 6.15. The third kappa shape index (κ3) is 2.58. The van der Waals surface area contributed by atoms with Gasteiger partial charge in [0.05, 0.1) is 0 Å². The minimum Gasteiger partial charge on any atom is -0.316 e. The molecule has 0 spiro atoms. The molecule has 1 nitrogen and oxygen atoms in total. The molecule has 0 aromatic heterocycles. The third-order valence-corrected chi connectivity index (χ3v) is 4.91. The van der Waals surface area contributed by atoms with E-state index in [0.717, 1.165) is 44.7 Å². The summed E-state index contributed by atoms with van der Waals surface area (Å²) in [5.41, 5.74) is -0.937. The van der Waals surface area contributed by atoms with Crippen molar-refractivity contribution in [3.05, 3.63) is 0 Å². The van der Waals surface area contributed by atoms with E-state index in [4.69, 9.17) is 0 Å². The zero-order valence-corrected chi connectivity index (χ0v) is 10.8. The molecule has 1 N–H and O–H groups in total. The van der Waals surface area contributed by atoms with Gasteiger partial charge in [-0.2, -0.15) is 0 Å². The Hall–Kier alpha value is -0.110. The zero-order valence-electron chi connectivity index (χ0n) is 10.8. The maximum absolute atomic E-state index is 14.9. The molecule has 16 heavy (non-hydrogen) atoms. The Morgan fingerprint density at radius 3 is 2.31 bits per heavy atom. The van der Waals surface area contributed by atoms with Crippen molar-refractivity contribution in [1.29, 1.82) is 0 Å². The van der Waals surface area contributed by atoms with Gasteiger partial charge in [0.15, 0.2) is 0 Å². The fraction of sp³-hybridized carbons (Fsp3) is 1.00. The highest BCUT2D eigenvalue weighted by molar-refractivity contribution is 4.93. The fourth-order valence-electron chi connectivity index (χ4n) is 3.49. The van der Waals surface area contributed by atoms with E-state index in [-0.39, 0.29) is 5.92 Å². The molecule has 1 heterocycles. The Kier molecular flexibility index (Phi) is 3.89. The summed E-state index contributed by atoms with van der Waals surface area (Å²) in [6.07, 6.45) is 6.88. The van der Waals surface area contributed by atoms with E-state index in [1.165, 1.54) is 12.8 Å². The second-order valence-electron chi connectivity index (χ2n) is 6.15. The van der Waals surface area contributed by atoms with Gasteiger partial charge in [0.25, 0.3) is 0 Å². The van der Waals surface area contributed by atoms with Crippen molar-refractivity contribution in [2.24, 2.45) is 17.8 Å². The molecule has 1 aliphatic heterocycles. The summed E-state index contributed by atoms with van der Waals surface area (Å²) in [6, 6.07) is 0. The van der Waals surface area contributed by atoms with Crippen LogP contribution in [0.4, 0.5) is 4.39 Å². The smallest absolute Gasteiger partial charge is 0.115 e. The Morgan fingerprint density at radius 2 is 1.75 bits per heavy atom. The minimum absolute atomic E-state index is 0.250. The lowest BCUT2D eigenvalue weighted by molar-refractivity contribution is -0.00116. The quantitative estimate of drug-likeness (QED) is 0.761. The molecule has 0 radical (unpaired) electrons. The summed E-state index contributed by atoms with van der Waals surface area (Å²) in [5, 5.41) is 3.35. The first-order valence-electron chi connectivity index (χ1n) is 7.00. The summed E-state index contributed by atoms with van der Waals surface area (Å²) >= 11 is 0. The maximum Gasteiger partial charge on any atom is 0.115 e. The summed E-state index contributed by atoms with van der Waals surface area (Å²) in [4.78, 5) is 0. The van der Waals surface area contributed by atoms with E-state index >= 15 is 0 Å². The molecule has 2 heteroatoms. The van der Waals surface area contributed by atoms with Gasteiger partial charge in [-0.15, -0.1) is 0 Å². The van der Waals surface area contributed by atoms with Crippen molar-refractivity contribution >= 4 is 0 Å². The molecule has 0 amide bonds. The van der Waals surface area contributed by atoms with E-state index in [1.54, 1.807) is 0 Å². The van der Waals surface area contributed by atoms with Gasteiger partial charge in [-0.05, 0) is 51.0 Å². The van der Waals surface area contributed by atoms with Crippen molar-refractivity contribution in [2.75, 3.05) is 13.1 Å². The highest BCUT2D eigenvalue weighted by Gasteiger charge is 2.42. The average Bonchev–Trinajstić information content (AvgIpc) is 2.31. The van der Waals surface area contributed by atoms with Crippen LogP contribution in [0.15, 0.2) is 0 Å². The largest absolute Gasteiger partial charge is 0.316 e. The molecule has 2 fully saturated rings. The van der Waals surface area contributed by atoms with Gasteiger partial charge in [-0.3, -0.25) is 0 Å². The second kappa shape index (κ2) is 5.03. The Labute approximate surface area is 99.2 Å². The van der Waals surface area contributed by atoms with Crippen LogP contribution in [0, 0.1) is 17.8 Å². The molecule has 0 bridgehead atoms. The molecule has 0 aromatic carbocycles. The maximum atomic E-state index is 14.9. The van der Waals surface area contributed by atoms with Crippen LogP contribution in [-0.4, -0.2) is 18.8 Å². The minimum atomic E-state index is -0.937. The summed E-state index contributed by atoms with van der Waals surface area (Å²) < 4.78 is 14.9. The van der Waals surface area contributed by atoms with Crippen molar-refractivity contribution in [3.8, 4) is 0 Å². The van der Waals surface area contributed by atoms with Crippen LogP contribution in [0.3, 0.4) is 0 Å². The van der Waals surface area contributed by atoms with Crippen LogP contribution in [0.1, 0.15) is 52.4 Å². The number of alkyl halides is 1. The Bertz CT molecular complexity index is 213. The van der Waals surface area contributed by atoms with Crippen LogP contribution in [0.25, 0.3) is 0 Å². The molecule has 2 unspecified atom stereocenters. The van der Waals surface area contributed by atoms with E-state index in [2.05, 4.69) is 12.2 Å². The first kappa shape index (κ1) is 12.3. The highest BCUT2D eigenvalue weighted by atomic mass is 19.1. The number of hydrogen-bond acceptors (Lipinski definition) is 1. The van der Waals surface area contributed by atoms with E-state index in [1.807, 2.05) is 6.92 Å². The monoisotopic (exact) mass is 227 g/mol. The van der Waals surface area contributed by atoms with Gasteiger partial charge in [-0.25, -0.2) is 4.39 Å². The van der Waals surface area contributed by atoms with Crippen molar-refractivity contribution < 1.29 is 4.39 Å². The van der Waals surface area contributed by atoms with E-state index in [9.17, 15) is 4.39 Å². The van der Waals surface area contributed by atoms with Gasteiger partial charge >= 0.3 is 0 Å². The van der Waals surface area contributed by atoms with Crippen molar-refractivity contribution in [1.82, 2.24) is 5.32 Å². The molecule has 2 aliphatic rings. The van der Waals surface area contributed by atoms with Crippen LogP contribution >= 0.6 is 0 Å². The summed E-state index contributed by atoms with van der Waals surface area (Å²) in [6.45, 7) is 6.13. The topological polar surface area (TPSA) is 12.0 Å². The predicted octanol–water partition coefficient (Wildman–Crippen LogP) is 3.54. The molecule has 94 valence electrons. The zero-order chi connectivity index (χ0) is 11.6. The van der Waals surface area contributed by atoms with Gasteiger partial charge in [-0.1, -0.05) is 19.8 Å². The number of halogens is 1. The summed E-state index contributed by atoms with van der Waals surface area (Å²) in [7, 11) is 0. The SMILES string of the molecule is CC1CCC(C(C)(F)C2CCCNC2)CC1. The van der Waals surface area contributed by atoms with Crippen LogP contribution in [0.2, 0.25) is 0 Å². The first-order valence-corrected chi connectivity index (χ1v) is 7.00. The van der Waals surface area contributed by atoms with E-state index in [0.29, 0.717) is 5.92 Å². The number of hydrogen-bond donors (Lipinski definition) is 1. The molecule has 1 aliphatic carbocycles.